The third kappa shape index (κ3) is 4.71. The first-order chi connectivity index (χ1) is 12.9. The molecule has 0 atom stereocenters. The van der Waals surface area contributed by atoms with Crippen molar-refractivity contribution in [1.82, 2.24) is 4.90 Å². The van der Waals surface area contributed by atoms with Crippen molar-refractivity contribution in [3.05, 3.63) is 58.6 Å². The number of piperidine rings is 1. The maximum Gasteiger partial charge on any atom is 0.264 e. The zero-order chi connectivity index (χ0) is 19.4. The number of carbonyl (C=O) groups excluding carboxylic acids is 1. The third-order valence-electron chi connectivity index (χ3n) is 4.71. The Morgan fingerprint density at radius 2 is 1.59 bits per heavy atom. The summed E-state index contributed by atoms with van der Waals surface area (Å²) < 4.78 is 28.6. The second-order valence-electron chi connectivity index (χ2n) is 6.74. The van der Waals surface area contributed by atoms with E-state index in [2.05, 4.69) is 15.9 Å². The predicted octanol–water partition coefficient (Wildman–Crippen LogP) is 3.97. The van der Waals surface area contributed by atoms with Crippen LogP contribution in [0.5, 0.6) is 0 Å². The average molecular weight is 451 g/mol. The first-order valence-corrected chi connectivity index (χ1v) is 11.2. The van der Waals surface area contributed by atoms with E-state index in [-0.39, 0.29) is 17.3 Å². The number of sulfonamides is 1. The van der Waals surface area contributed by atoms with E-state index in [9.17, 15) is 13.2 Å². The molecule has 0 aromatic heterocycles. The van der Waals surface area contributed by atoms with Gasteiger partial charge in [0.1, 0.15) is 6.54 Å². The monoisotopic (exact) mass is 450 g/mol. The van der Waals surface area contributed by atoms with Crippen molar-refractivity contribution in [1.29, 1.82) is 0 Å². The molecule has 1 heterocycles. The quantitative estimate of drug-likeness (QED) is 0.692. The molecule has 1 aliphatic heterocycles. The van der Waals surface area contributed by atoms with Crippen LogP contribution in [0.2, 0.25) is 0 Å². The summed E-state index contributed by atoms with van der Waals surface area (Å²) in [6.07, 6.45) is 3.05. The Balaban J connectivity index is 1.95. The molecule has 3 rings (SSSR count). The number of nitrogens with zero attached hydrogens (tertiary/aromatic N) is 2. The van der Waals surface area contributed by atoms with Crippen molar-refractivity contribution < 1.29 is 13.2 Å². The van der Waals surface area contributed by atoms with E-state index in [1.807, 2.05) is 6.92 Å². The van der Waals surface area contributed by atoms with E-state index in [0.29, 0.717) is 18.8 Å². The first-order valence-electron chi connectivity index (χ1n) is 9.01. The maximum absolute atomic E-state index is 13.3. The molecule has 5 nitrogen and oxygen atoms in total. The van der Waals surface area contributed by atoms with Crippen molar-refractivity contribution in [2.24, 2.45) is 0 Å². The average Bonchev–Trinajstić information content (AvgIpc) is 2.68. The normalized spacial score (nSPS) is 14.8. The summed E-state index contributed by atoms with van der Waals surface area (Å²) in [5.74, 6) is -0.159. The third-order valence-corrected chi connectivity index (χ3v) is 7.03. The van der Waals surface area contributed by atoms with Crippen LogP contribution in [0, 0.1) is 6.92 Å². The number of benzene rings is 2. The van der Waals surface area contributed by atoms with Gasteiger partial charge in [-0.25, -0.2) is 8.42 Å². The van der Waals surface area contributed by atoms with Gasteiger partial charge in [0, 0.05) is 17.6 Å². The zero-order valence-corrected chi connectivity index (χ0v) is 17.7. The molecular formula is C20H23BrN2O3S. The number of amides is 1. The molecule has 2 aromatic carbocycles. The van der Waals surface area contributed by atoms with Crippen molar-refractivity contribution in [2.75, 3.05) is 23.9 Å². The second kappa shape index (κ2) is 8.44. The number of hydrogen-bond acceptors (Lipinski definition) is 3. The second-order valence-corrected chi connectivity index (χ2v) is 9.52. The van der Waals surface area contributed by atoms with Gasteiger partial charge in [0.2, 0.25) is 5.91 Å². The summed E-state index contributed by atoms with van der Waals surface area (Å²) >= 11 is 3.37. The molecule has 1 saturated heterocycles. The van der Waals surface area contributed by atoms with Gasteiger partial charge in [0.15, 0.2) is 0 Å². The molecule has 144 valence electrons. The Morgan fingerprint density at radius 3 is 2.19 bits per heavy atom. The van der Waals surface area contributed by atoms with E-state index in [1.54, 1.807) is 53.4 Å². The lowest BCUT2D eigenvalue weighted by Crippen LogP contribution is -2.44. The fourth-order valence-corrected chi connectivity index (χ4v) is 4.80. The van der Waals surface area contributed by atoms with Crippen LogP contribution in [0.15, 0.2) is 57.9 Å². The number of rotatable bonds is 5. The largest absolute Gasteiger partial charge is 0.341 e. The lowest BCUT2D eigenvalue weighted by Gasteiger charge is -2.30. The van der Waals surface area contributed by atoms with E-state index >= 15 is 0 Å². The molecule has 1 amide bonds. The first kappa shape index (κ1) is 19.9. The molecule has 1 fully saturated rings. The summed E-state index contributed by atoms with van der Waals surface area (Å²) in [6.45, 7) is 3.09. The van der Waals surface area contributed by atoms with Gasteiger partial charge >= 0.3 is 0 Å². The van der Waals surface area contributed by atoms with Gasteiger partial charge in [-0.2, -0.15) is 0 Å². The minimum Gasteiger partial charge on any atom is -0.341 e. The summed E-state index contributed by atoms with van der Waals surface area (Å²) in [5, 5.41) is 0. The van der Waals surface area contributed by atoms with E-state index in [1.165, 1.54) is 4.31 Å². The van der Waals surface area contributed by atoms with Gasteiger partial charge in [-0.05, 0) is 62.6 Å². The topological polar surface area (TPSA) is 57.7 Å². The molecule has 0 radical (unpaired) electrons. The van der Waals surface area contributed by atoms with Crippen LogP contribution in [-0.2, 0) is 14.8 Å². The van der Waals surface area contributed by atoms with Crippen molar-refractivity contribution in [3.8, 4) is 0 Å². The van der Waals surface area contributed by atoms with Crippen molar-refractivity contribution in [3.63, 3.8) is 0 Å². The molecule has 0 unspecified atom stereocenters. The lowest BCUT2D eigenvalue weighted by atomic mass is 10.1. The van der Waals surface area contributed by atoms with Gasteiger partial charge in [0.05, 0.1) is 10.6 Å². The van der Waals surface area contributed by atoms with E-state index < -0.39 is 10.0 Å². The van der Waals surface area contributed by atoms with Gasteiger partial charge < -0.3 is 4.90 Å². The molecule has 0 N–H and O–H groups in total. The van der Waals surface area contributed by atoms with Crippen LogP contribution in [-0.4, -0.2) is 38.9 Å². The molecule has 1 aliphatic rings. The molecule has 0 spiro atoms. The predicted molar refractivity (Wildman–Crippen MR) is 110 cm³/mol. The van der Waals surface area contributed by atoms with Gasteiger partial charge in [0.25, 0.3) is 10.0 Å². The van der Waals surface area contributed by atoms with Crippen molar-refractivity contribution >= 4 is 37.5 Å². The van der Waals surface area contributed by atoms with Gasteiger partial charge in [-0.15, -0.1) is 0 Å². The fraction of sp³-hybridized carbons (Fsp3) is 0.350. The molecule has 0 aliphatic carbocycles. The highest BCUT2D eigenvalue weighted by Gasteiger charge is 2.29. The molecule has 0 bridgehead atoms. The number of halogens is 1. The van der Waals surface area contributed by atoms with Crippen LogP contribution in [0.1, 0.15) is 24.8 Å². The summed E-state index contributed by atoms with van der Waals surface area (Å²) in [5.41, 5.74) is 1.46. The number of aryl methyl sites for hydroxylation is 1. The van der Waals surface area contributed by atoms with Crippen LogP contribution in [0.3, 0.4) is 0 Å². The van der Waals surface area contributed by atoms with Gasteiger partial charge in [-0.1, -0.05) is 33.6 Å². The van der Waals surface area contributed by atoms with E-state index in [4.69, 9.17) is 0 Å². The van der Waals surface area contributed by atoms with Crippen LogP contribution in [0.4, 0.5) is 5.69 Å². The van der Waals surface area contributed by atoms with Crippen LogP contribution >= 0.6 is 15.9 Å². The van der Waals surface area contributed by atoms with Crippen LogP contribution < -0.4 is 4.31 Å². The summed E-state index contributed by atoms with van der Waals surface area (Å²) in [6, 6.07) is 13.7. The highest BCUT2D eigenvalue weighted by atomic mass is 79.9. The number of likely N-dealkylation sites (tertiary alicyclic amines) is 1. The SMILES string of the molecule is Cc1ccc(S(=O)(=O)N(CC(=O)N2CCCCC2)c2ccc(Br)cc2)cc1. The number of anilines is 1. The minimum absolute atomic E-state index is 0.159. The Kier molecular flexibility index (Phi) is 6.22. The zero-order valence-electron chi connectivity index (χ0n) is 15.3. The Labute approximate surface area is 169 Å². The Hall–Kier alpha value is -1.86. The highest BCUT2D eigenvalue weighted by molar-refractivity contribution is 9.10. The fourth-order valence-electron chi connectivity index (χ4n) is 3.13. The molecule has 7 heteroatoms. The summed E-state index contributed by atoms with van der Waals surface area (Å²) in [4.78, 5) is 14.7. The smallest absolute Gasteiger partial charge is 0.264 e. The minimum atomic E-state index is -3.85. The van der Waals surface area contributed by atoms with E-state index in [0.717, 1.165) is 29.3 Å². The maximum atomic E-state index is 13.3. The van der Waals surface area contributed by atoms with Crippen molar-refractivity contribution in [2.45, 2.75) is 31.1 Å². The lowest BCUT2D eigenvalue weighted by molar-refractivity contribution is -0.130. The van der Waals surface area contributed by atoms with Crippen LogP contribution in [0.25, 0.3) is 0 Å². The molecule has 27 heavy (non-hydrogen) atoms. The standard InChI is InChI=1S/C20H23BrN2O3S/c1-16-5-11-19(12-6-16)27(25,26)23(18-9-7-17(21)8-10-18)15-20(24)22-13-3-2-4-14-22/h5-12H,2-4,13-15H2,1H3. The van der Waals surface area contributed by atoms with Gasteiger partial charge in [-0.3, -0.25) is 9.10 Å². The summed E-state index contributed by atoms with van der Waals surface area (Å²) in [7, 11) is -3.85. The Bertz CT molecular complexity index is 890. The number of hydrogen-bond donors (Lipinski definition) is 0. The molecule has 2 aromatic rings. The highest BCUT2D eigenvalue weighted by Crippen LogP contribution is 2.26. The number of carbonyl (C=O) groups is 1. The molecule has 0 saturated carbocycles. The Morgan fingerprint density at radius 1 is 1.00 bits per heavy atom. The molecular weight excluding hydrogens is 428 g/mol.